The third-order valence-corrected chi connectivity index (χ3v) is 5.99. The monoisotopic (exact) mass is 369 g/mol. The molecule has 144 valence electrons. The third kappa shape index (κ3) is 3.90. The molecule has 2 heterocycles. The number of carbonyl (C=O) groups is 1. The lowest BCUT2D eigenvalue weighted by Crippen LogP contribution is -2.46. The van der Waals surface area contributed by atoms with Crippen molar-refractivity contribution in [2.24, 2.45) is 0 Å². The Bertz CT molecular complexity index is 661. The molecule has 1 aromatic carbocycles. The molecule has 6 heteroatoms. The van der Waals surface area contributed by atoms with Crippen molar-refractivity contribution in [2.45, 2.75) is 75.7 Å². The SMILES string of the molecule is Cc1cccc(C(C)(CC(F)(F)F)C(=O)OC2CC3CCC(C2)N3C)c1. The number of hydrogen-bond donors (Lipinski definition) is 0. The van der Waals surface area contributed by atoms with Gasteiger partial charge in [-0.15, -0.1) is 0 Å². The second-order valence-electron chi connectivity index (χ2n) is 8.04. The first-order valence-electron chi connectivity index (χ1n) is 9.15. The Labute approximate surface area is 152 Å². The van der Waals surface area contributed by atoms with Gasteiger partial charge in [-0.3, -0.25) is 4.79 Å². The normalized spacial score (nSPS) is 28.6. The van der Waals surface area contributed by atoms with Crippen molar-refractivity contribution in [3.05, 3.63) is 35.4 Å². The Morgan fingerprint density at radius 2 is 1.85 bits per heavy atom. The zero-order chi connectivity index (χ0) is 19.1. The van der Waals surface area contributed by atoms with Crippen molar-refractivity contribution < 1.29 is 22.7 Å². The van der Waals surface area contributed by atoms with Crippen LogP contribution in [0.5, 0.6) is 0 Å². The third-order valence-electron chi connectivity index (χ3n) is 5.99. The molecule has 26 heavy (non-hydrogen) atoms. The number of benzene rings is 1. The molecule has 0 amide bonds. The number of esters is 1. The topological polar surface area (TPSA) is 29.5 Å². The minimum Gasteiger partial charge on any atom is -0.462 e. The Morgan fingerprint density at radius 3 is 2.38 bits per heavy atom. The van der Waals surface area contributed by atoms with Crippen LogP contribution in [0.1, 0.15) is 50.2 Å². The number of hydrogen-bond acceptors (Lipinski definition) is 3. The highest BCUT2D eigenvalue weighted by Crippen LogP contribution is 2.40. The molecule has 2 aliphatic rings. The fraction of sp³-hybridized carbons (Fsp3) is 0.650. The van der Waals surface area contributed by atoms with Crippen LogP contribution >= 0.6 is 0 Å². The molecule has 3 unspecified atom stereocenters. The molecule has 2 fully saturated rings. The molecule has 0 saturated carbocycles. The van der Waals surface area contributed by atoms with Gasteiger partial charge in [-0.2, -0.15) is 13.2 Å². The summed E-state index contributed by atoms with van der Waals surface area (Å²) in [4.78, 5) is 15.2. The van der Waals surface area contributed by atoms with Gasteiger partial charge in [0.2, 0.25) is 0 Å². The van der Waals surface area contributed by atoms with E-state index in [1.807, 2.05) is 0 Å². The van der Waals surface area contributed by atoms with E-state index < -0.39 is 24.0 Å². The highest BCUT2D eigenvalue weighted by Gasteiger charge is 2.48. The summed E-state index contributed by atoms with van der Waals surface area (Å²) < 4.78 is 45.4. The van der Waals surface area contributed by atoms with Crippen LogP contribution in [0.3, 0.4) is 0 Å². The van der Waals surface area contributed by atoms with Crippen molar-refractivity contribution in [1.29, 1.82) is 0 Å². The number of piperidine rings is 1. The second kappa shape index (κ2) is 6.87. The molecule has 3 rings (SSSR count). The Balaban J connectivity index is 1.81. The number of ether oxygens (including phenoxy) is 1. The lowest BCUT2D eigenvalue weighted by molar-refractivity contribution is -0.176. The van der Waals surface area contributed by atoms with Crippen LogP contribution in [-0.2, 0) is 14.9 Å². The molecule has 3 atom stereocenters. The zero-order valence-electron chi connectivity index (χ0n) is 15.5. The molecule has 2 aliphatic heterocycles. The molecule has 0 aliphatic carbocycles. The van der Waals surface area contributed by atoms with E-state index >= 15 is 0 Å². The summed E-state index contributed by atoms with van der Waals surface area (Å²) in [6.45, 7) is 3.15. The summed E-state index contributed by atoms with van der Waals surface area (Å²) in [6, 6.07) is 7.43. The first-order chi connectivity index (χ1) is 12.1. The fourth-order valence-corrected chi connectivity index (χ4v) is 4.42. The van der Waals surface area contributed by atoms with Crippen LogP contribution < -0.4 is 0 Å². The number of carbonyl (C=O) groups excluding carboxylic acids is 1. The highest BCUT2D eigenvalue weighted by atomic mass is 19.4. The summed E-state index contributed by atoms with van der Waals surface area (Å²) in [5, 5.41) is 0. The molecule has 0 spiro atoms. The molecule has 0 N–H and O–H groups in total. The first kappa shape index (κ1) is 19.2. The molecule has 3 nitrogen and oxygen atoms in total. The van der Waals surface area contributed by atoms with Crippen molar-refractivity contribution in [3.8, 4) is 0 Å². The summed E-state index contributed by atoms with van der Waals surface area (Å²) in [7, 11) is 2.07. The first-order valence-corrected chi connectivity index (χ1v) is 9.15. The van der Waals surface area contributed by atoms with Crippen molar-refractivity contribution in [1.82, 2.24) is 4.90 Å². The Hall–Kier alpha value is -1.56. The fourth-order valence-electron chi connectivity index (χ4n) is 4.42. The predicted octanol–water partition coefficient (Wildman–Crippen LogP) is 4.37. The molecule has 2 bridgehead atoms. The van der Waals surface area contributed by atoms with E-state index in [2.05, 4.69) is 11.9 Å². The van der Waals surface area contributed by atoms with E-state index in [0.29, 0.717) is 30.5 Å². The summed E-state index contributed by atoms with van der Waals surface area (Å²) in [5.74, 6) is -0.769. The van der Waals surface area contributed by atoms with Crippen LogP contribution in [0.25, 0.3) is 0 Å². The van der Waals surface area contributed by atoms with E-state index in [1.54, 1.807) is 31.2 Å². The number of alkyl halides is 3. The largest absolute Gasteiger partial charge is 0.462 e. The second-order valence-corrected chi connectivity index (χ2v) is 8.04. The van der Waals surface area contributed by atoms with Gasteiger partial charge < -0.3 is 9.64 Å². The van der Waals surface area contributed by atoms with Gasteiger partial charge >= 0.3 is 12.1 Å². The lowest BCUT2D eigenvalue weighted by atomic mass is 9.78. The van der Waals surface area contributed by atoms with E-state index in [1.165, 1.54) is 6.92 Å². The van der Waals surface area contributed by atoms with Crippen LogP contribution in [0.2, 0.25) is 0 Å². The van der Waals surface area contributed by atoms with Crippen LogP contribution in [0.15, 0.2) is 24.3 Å². The average Bonchev–Trinajstić information content (AvgIpc) is 2.75. The number of aryl methyl sites for hydroxylation is 1. The smallest absolute Gasteiger partial charge is 0.390 e. The Morgan fingerprint density at radius 1 is 1.23 bits per heavy atom. The molecular formula is C20H26F3NO2. The quantitative estimate of drug-likeness (QED) is 0.738. The number of rotatable bonds is 4. The van der Waals surface area contributed by atoms with Crippen LogP contribution in [0, 0.1) is 6.92 Å². The average molecular weight is 369 g/mol. The van der Waals surface area contributed by atoms with Gasteiger partial charge in [0.05, 0.1) is 11.8 Å². The number of nitrogens with zero attached hydrogens (tertiary/aromatic N) is 1. The van der Waals surface area contributed by atoms with Gasteiger partial charge in [-0.05, 0) is 52.1 Å². The van der Waals surface area contributed by atoms with Crippen LogP contribution in [-0.4, -0.2) is 42.3 Å². The van der Waals surface area contributed by atoms with E-state index in [-0.39, 0.29) is 6.10 Å². The van der Waals surface area contributed by atoms with Gasteiger partial charge in [0, 0.05) is 12.1 Å². The maximum Gasteiger partial charge on any atom is 0.390 e. The van der Waals surface area contributed by atoms with Crippen molar-refractivity contribution >= 4 is 5.97 Å². The van der Waals surface area contributed by atoms with Gasteiger partial charge in [-0.25, -0.2) is 0 Å². The molecular weight excluding hydrogens is 343 g/mol. The Kier molecular flexibility index (Phi) is 5.08. The standard InChI is InChI=1S/C20H26F3NO2/c1-13-5-4-6-14(9-13)19(2,12-20(21,22)23)18(25)26-17-10-15-7-8-16(11-17)24(15)3/h4-6,9,15-17H,7-8,10-12H2,1-3H3. The lowest BCUT2D eigenvalue weighted by Gasteiger charge is -2.38. The van der Waals surface area contributed by atoms with Gasteiger partial charge in [0.1, 0.15) is 6.10 Å². The van der Waals surface area contributed by atoms with Gasteiger partial charge in [-0.1, -0.05) is 29.8 Å². The summed E-state index contributed by atoms with van der Waals surface area (Å²) in [5.41, 5.74) is -0.552. The molecule has 2 saturated heterocycles. The molecule has 0 radical (unpaired) electrons. The predicted molar refractivity (Wildman–Crippen MR) is 92.9 cm³/mol. The van der Waals surface area contributed by atoms with Gasteiger partial charge in [0.15, 0.2) is 0 Å². The van der Waals surface area contributed by atoms with Crippen molar-refractivity contribution in [3.63, 3.8) is 0 Å². The van der Waals surface area contributed by atoms with E-state index in [4.69, 9.17) is 4.74 Å². The van der Waals surface area contributed by atoms with Crippen LogP contribution in [0.4, 0.5) is 13.2 Å². The number of halogens is 3. The summed E-state index contributed by atoms with van der Waals surface area (Å²) >= 11 is 0. The molecule has 1 aromatic rings. The number of fused-ring (bicyclic) bond motifs is 2. The molecule has 0 aromatic heterocycles. The zero-order valence-corrected chi connectivity index (χ0v) is 15.5. The van der Waals surface area contributed by atoms with E-state index in [9.17, 15) is 18.0 Å². The maximum atomic E-state index is 13.2. The van der Waals surface area contributed by atoms with Gasteiger partial charge in [0.25, 0.3) is 0 Å². The highest BCUT2D eigenvalue weighted by molar-refractivity contribution is 5.83. The minimum absolute atomic E-state index is 0.298. The minimum atomic E-state index is -4.46. The maximum absolute atomic E-state index is 13.2. The van der Waals surface area contributed by atoms with Crippen molar-refractivity contribution in [2.75, 3.05) is 7.05 Å². The summed E-state index contributed by atoms with van der Waals surface area (Å²) in [6.07, 6.45) is -2.44. The van der Waals surface area contributed by atoms with E-state index in [0.717, 1.165) is 18.4 Å².